The van der Waals surface area contributed by atoms with Crippen molar-refractivity contribution in [3.8, 4) is 44.2 Å². The van der Waals surface area contributed by atoms with E-state index >= 15 is 0 Å². The molecule has 0 aliphatic carbocycles. The van der Waals surface area contributed by atoms with Gasteiger partial charge in [0.25, 0.3) is 29.5 Å². The fraction of sp³-hybridized carbons (Fsp3) is 0.157. The third-order valence-corrected chi connectivity index (χ3v) is 24.1. The molecular weight excluding hydrogens is 1800 g/mol. The number of primary amides is 5. The number of aromatic nitrogens is 20. The summed E-state index contributed by atoms with van der Waals surface area (Å²) in [6.07, 6.45) is 18.2. The predicted molar refractivity (Wildman–Crippen MR) is 519 cm³/mol. The van der Waals surface area contributed by atoms with E-state index in [0.29, 0.717) is 118 Å². The average molecular weight is 1890 g/mol. The number of hydrogen-bond donors (Lipinski definition) is 15. The highest BCUT2D eigenvalue weighted by molar-refractivity contribution is 7.13. The summed E-state index contributed by atoms with van der Waals surface area (Å²) in [5.41, 5.74) is 45.0. The Labute approximate surface area is 779 Å². The summed E-state index contributed by atoms with van der Waals surface area (Å²) in [5.74, 6) is 2.37. The van der Waals surface area contributed by atoms with Crippen molar-refractivity contribution in [2.75, 3.05) is 91.0 Å². The number of nitrogens with one attached hydrogen (secondary N) is 10. The Morgan fingerprint density at radius 2 is 0.842 bits per heavy atom. The molecule has 14 aromatic heterocycles. The molecule has 0 radical (unpaired) electrons. The van der Waals surface area contributed by atoms with Crippen LogP contribution in [0.2, 0.25) is 20.1 Å². The molecule has 1 aliphatic heterocycles. The molecule has 1 aliphatic rings. The van der Waals surface area contributed by atoms with Gasteiger partial charge in [-0.15, -0.1) is 11.3 Å². The molecular formula is C89H85Cl4N33O6S. The number of fused-ring (bicyclic) bond motifs is 7. The number of thiazole rings is 1. The van der Waals surface area contributed by atoms with Gasteiger partial charge >= 0.3 is 0 Å². The lowest BCUT2D eigenvalue weighted by Gasteiger charge is -2.23. The molecule has 20 rings (SSSR count). The third kappa shape index (κ3) is 18.3. The van der Waals surface area contributed by atoms with Crippen LogP contribution in [0.15, 0.2) is 177 Å². The maximum atomic E-state index is 11.8. The van der Waals surface area contributed by atoms with Crippen molar-refractivity contribution in [2.45, 2.75) is 39.5 Å². The smallest absolute Gasteiger partial charge is 0.254 e. The molecule has 1 fully saturated rings. The Hall–Kier alpha value is -16.0. The molecule has 1 saturated heterocycles. The van der Waals surface area contributed by atoms with Gasteiger partial charge in [0.05, 0.1) is 80.7 Å². The Bertz CT molecular complexity index is 7740. The normalized spacial score (nSPS) is 11.9. The monoisotopic (exact) mass is 1880 g/mol. The van der Waals surface area contributed by atoms with Gasteiger partial charge in [-0.3, -0.25) is 28.7 Å². The number of H-pyrrole nitrogens is 2. The van der Waals surface area contributed by atoms with E-state index in [4.69, 9.17) is 84.8 Å². The molecule has 0 spiro atoms. The summed E-state index contributed by atoms with van der Waals surface area (Å²) < 4.78 is 14.9. The zero-order valence-electron chi connectivity index (χ0n) is 72.5. The van der Waals surface area contributed by atoms with Gasteiger partial charge in [-0.2, -0.15) is 53.2 Å². The number of ether oxygens (including phenoxy) is 1. The number of aromatic amines is 2. The minimum Gasteiger partial charge on any atom is -0.381 e. The van der Waals surface area contributed by atoms with Crippen molar-refractivity contribution in [1.29, 1.82) is 0 Å². The van der Waals surface area contributed by atoms with E-state index in [1.54, 1.807) is 79.5 Å². The minimum atomic E-state index is -0.599. The van der Waals surface area contributed by atoms with E-state index in [2.05, 4.69) is 134 Å². The predicted octanol–water partition coefficient (Wildman–Crippen LogP) is 14.8. The first-order valence-electron chi connectivity index (χ1n) is 40.9. The van der Waals surface area contributed by atoms with Crippen LogP contribution in [0, 0.1) is 20.8 Å². The summed E-state index contributed by atoms with van der Waals surface area (Å²) >= 11 is 27.5. The van der Waals surface area contributed by atoms with E-state index in [9.17, 15) is 24.0 Å². The fourth-order valence-corrected chi connectivity index (χ4v) is 17.0. The molecule has 20 N–H and O–H groups in total. The maximum absolute atomic E-state index is 11.8. The van der Waals surface area contributed by atoms with Gasteiger partial charge in [-0.1, -0.05) is 94.4 Å². The van der Waals surface area contributed by atoms with E-state index in [1.165, 1.54) is 72.6 Å². The SMILES string of the molecule is CNc1cc(-c2c[nH]c3c(C)cc(C)cc23)nc2c(C(N)=O)cnn12.CNc1cc(-c2c[nH]c3c(C4CCOCC4)cc(Cl)cc23)nc2c(C(N)=O)cnn12.CNc1cc(Nc2cccc(-c3cnn(C)c3)c2Cl)nc2c(C(N)=O)cnn12.CNc1cc(Nc2cccc(-c3nccs3)c2Cl)nc2c(C(N)=O)cnn12.CNc1cc(Nc2cccc(C)c2Cl)nc2c(C(N)=O)cnn12. The Morgan fingerprint density at radius 1 is 0.444 bits per heavy atom. The number of nitrogens with zero attached hydrogens (tertiary/aromatic N) is 18. The van der Waals surface area contributed by atoms with E-state index in [0.717, 1.165) is 103 Å². The minimum absolute atomic E-state index is 0.232. The molecule has 0 atom stereocenters. The number of halogens is 4. The van der Waals surface area contributed by atoms with Crippen LogP contribution in [0.1, 0.15) is 92.8 Å². The molecule has 133 heavy (non-hydrogen) atoms. The fourth-order valence-electron chi connectivity index (χ4n) is 15.3. The molecule has 676 valence electrons. The van der Waals surface area contributed by atoms with Gasteiger partial charge in [0.2, 0.25) is 0 Å². The average Bonchev–Trinajstić information content (AvgIpc) is 1.61. The lowest BCUT2D eigenvalue weighted by molar-refractivity contribution is 0.0855. The first kappa shape index (κ1) is 90.3. The molecule has 0 unspecified atom stereocenters. The first-order chi connectivity index (χ1) is 64.1. The van der Waals surface area contributed by atoms with Crippen molar-refractivity contribution in [3.05, 3.63) is 247 Å². The number of carbonyl (C=O) groups excluding carboxylic acids is 5. The maximum Gasteiger partial charge on any atom is 0.254 e. The van der Waals surface area contributed by atoms with Gasteiger partial charge in [0, 0.05) is 171 Å². The molecule has 0 bridgehead atoms. The summed E-state index contributed by atoms with van der Waals surface area (Å²) in [6.45, 7) is 7.58. The molecule has 39 nitrogen and oxygen atoms in total. The third-order valence-electron chi connectivity index (χ3n) is 21.8. The molecule has 44 heteroatoms. The van der Waals surface area contributed by atoms with Crippen molar-refractivity contribution in [2.24, 2.45) is 35.7 Å². The highest BCUT2D eigenvalue weighted by Gasteiger charge is 2.27. The number of amides is 5. The number of nitrogens with two attached hydrogens (primary N) is 5. The number of aryl methyl sites for hydroxylation is 4. The lowest BCUT2D eigenvalue weighted by atomic mass is 9.90. The first-order valence-corrected chi connectivity index (χ1v) is 43.3. The van der Waals surface area contributed by atoms with E-state index < -0.39 is 29.5 Å². The number of carbonyl (C=O) groups is 5. The van der Waals surface area contributed by atoms with Crippen molar-refractivity contribution >= 4 is 201 Å². The van der Waals surface area contributed by atoms with Crippen LogP contribution in [0.3, 0.4) is 0 Å². The Morgan fingerprint density at radius 3 is 1.26 bits per heavy atom. The van der Waals surface area contributed by atoms with Crippen molar-refractivity contribution in [1.82, 2.24) is 97.7 Å². The second kappa shape index (κ2) is 38.3. The number of anilines is 11. The standard InChI is InChI=1S/C21H21ClN6O2.C18H17ClN8O.C18H18N6O.C17H14ClN7OS.C15H15ClN6O/c1-24-18-8-17(27-21-16(20(23)29)10-26-28(18)21)15-9-25-19-13(6-12(22)7-14(15)19)11-2-4-30-5-3-11;1-21-15-6-14(25-18-12(17(20)28)8-23-27(15)18)24-13-5-3-4-11(16(13)19)10-7-22-26(2)9-10;1-9-4-10(2)16-11(5-9)12(7-21-16)14-6-15(20-3)24-18(23-14)13(8-22-24)17(19)25;1-20-13-7-12(24-16-10(15(19)26)8-22-25(13)16)23-11-4-2-3-9(14(11)18)17-21-5-6-27-17;1-8-4-3-5-10(13(8)16)20-11-6-12(18-2)22-15(21-11)9(7-19-22)14(17)23/h6-11,24-25H,2-5H2,1H3,(H2,23,29);3-9,21H,1-2H3,(H2,20,28)(H,24,25);4-8,20-21H,1-3H3,(H2,19,25);2-8,20H,1H3,(H2,19,26)(H,23,24);3-7,18H,1-2H3,(H2,17,23)(H,20,21). The summed E-state index contributed by atoms with van der Waals surface area (Å²) in [5, 5.41) is 57.1. The zero-order chi connectivity index (χ0) is 93.9. The van der Waals surface area contributed by atoms with Crippen LogP contribution in [-0.2, 0) is 11.8 Å². The summed E-state index contributed by atoms with van der Waals surface area (Å²) in [7, 11) is 10.7. The van der Waals surface area contributed by atoms with Crippen LogP contribution >= 0.6 is 57.7 Å². The summed E-state index contributed by atoms with van der Waals surface area (Å²) in [4.78, 5) is 92.1. The number of rotatable bonds is 21. The largest absolute Gasteiger partial charge is 0.381 e. The van der Waals surface area contributed by atoms with Gasteiger partial charge < -0.3 is 85.9 Å². The topological polar surface area (TPSA) is 534 Å². The van der Waals surface area contributed by atoms with Gasteiger partial charge in [-0.25, -0.2) is 29.9 Å². The van der Waals surface area contributed by atoms with Crippen molar-refractivity contribution < 1.29 is 28.7 Å². The second-order valence-corrected chi connectivity index (χ2v) is 32.7. The van der Waals surface area contributed by atoms with Crippen LogP contribution < -0.4 is 71.2 Å². The van der Waals surface area contributed by atoms with Gasteiger partial charge in [0.1, 0.15) is 79.4 Å². The number of benzene rings is 5. The van der Waals surface area contributed by atoms with Gasteiger partial charge in [0.15, 0.2) is 28.2 Å². The lowest BCUT2D eigenvalue weighted by Crippen LogP contribution is -2.14. The molecule has 15 heterocycles. The second-order valence-electron chi connectivity index (χ2n) is 30.3. The molecule has 5 aromatic carbocycles. The number of hydrogen-bond acceptors (Lipinski definition) is 27. The molecule has 19 aromatic rings. The molecule has 5 amide bonds. The highest BCUT2D eigenvalue weighted by atomic mass is 35.5. The van der Waals surface area contributed by atoms with Crippen LogP contribution in [0.5, 0.6) is 0 Å². The highest BCUT2D eigenvalue weighted by Crippen LogP contribution is 2.42. The van der Waals surface area contributed by atoms with E-state index in [-0.39, 0.29) is 22.3 Å². The van der Waals surface area contributed by atoms with Crippen LogP contribution in [-0.4, -0.2) is 176 Å². The Balaban J connectivity index is 0.000000121. The van der Waals surface area contributed by atoms with Crippen LogP contribution in [0.25, 0.3) is 94.3 Å². The van der Waals surface area contributed by atoms with Gasteiger partial charge in [-0.05, 0) is 92.6 Å². The quantitative estimate of drug-likeness (QED) is 0.0318. The zero-order valence-corrected chi connectivity index (χ0v) is 76.3. The van der Waals surface area contributed by atoms with E-state index in [1.807, 2.05) is 117 Å². The van der Waals surface area contributed by atoms with Crippen molar-refractivity contribution in [3.63, 3.8) is 0 Å². The molecule has 0 saturated carbocycles. The summed E-state index contributed by atoms with van der Waals surface area (Å²) in [6, 6.07) is 34.3. The Kier molecular flexibility index (Phi) is 26.0. The van der Waals surface area contributed by atoms with Crippen LogP contribution in [0.4, 0.5) is 63.6 Å².